The number of Topliss-reactive ketones (excluding diaryl/α,β-unsaturated/α-hetero) is 1. The molecule has 2 aliphatic carbocycles. The molecule has 190 valence electrons. The quantitative estimate of drug-likeness (QED) is 0.373. The standard InChI is InChI=1S/C27H26FN5O3S/c1-32-13-11-22(17-32)37(35,36)21-10-5-18-14-25-24(30-31-33(25)20-8-6-19(28)7-9-20)16-27(18,15-21)26(34)23-4-2-3-12-29-23/h2-4,6-9,11-13,17-18,21H,5,10,14-16H2,1H3/t18?,21-,27+/m0/s1. The molecule has 0 amide bonds. The van der Waals surface area contributed by atoms with E-state index in [4.69, 9.17) is 0 Å². The summed E-state index contributed by atoms with van der Waals surface area (Å²) in [6.45, 7) is 0. The van der Waals surface area contributed by atoms with Crippen molar-refractivity contribution in [3.63, 3.8) is 0 Å². The number of hydrogen-bond donors (Lipinski definition) is 0. The average Bonchev–Trinajstić information content (AvgIpc) is 3.53. The van der Waals surface area contributed by atoms with E-state index >= 15 is 0 Å². The molecule has 6 rings (SSSR count). The number of pyridine rings is 1. The molecule has 1 fully saturated rings. The number of rotatable bonds is 5. The van der Waals surface area contributed by atoms with Crippen LogP contribution in [0.15, 0.2) is 72.0 Å². The Morgan fingerprint density at radius 1 is 1.11 bits per heavy atom. The largest absolute Gasteiger partial charge is 0.356 e. The van der Waals surface area contributed by atoms with Crippen molar-refractivity contribution in [3.05, 3.63) is 90.0 Å². The van der Waals surface area contributed by atoms with E-state index in [2.05, 4.69) is 15.3 Å². The highest BCUT2D eigenvalue weighted by atomic mass is 32.2. The minimum atomic E-state index is -3.64. The molecule has 0 bridgehead atoms. The van der Waals surface area contributed by atoms with Gasteiger partial charge in [0, 0.05) is 37.5 Å². The number of hydrogen-bond acceptors (Lipinski definition) is 6. The molecule has 2 aliphatic rings. The fraction of sp³-hybridized carbons (Fsp3) is 0.333. The van der Waals surface area contributed by atoms with Gasteiger partial charge in [0.25, 0.3) is 0 Å². The second-order valence-electron chi connectivity index (χ2n) is 10.1. The van der Waals surface area contributed by atoms with Crippen molar-refractivity contribution in [2.24, 2.45) is 18.4 Å². The second kappa shape index (κ2) is 8.72. The van der Waals surface area contributed by atoms with Gasteiger partial charge in [0.2, 0.25) is 0 Å². The van der Waals surface area contributed by atoms with Crippen molar-refractivity contribution in [2.75, 3.05) is 0 Å². The number of aryl methyl sites for hydroxylation is 1. The predicted octanol–water partition coefficient (Wildman–Crippen LogP) is 3.75. The molecule has 10 heteroatoms. The van der Waals surface area contributed by atoms with E-state index < -0.39 is 20.5 Å². The lowest BCUT2D eigenvalue weighted by Gasteiger charge is -2.47. The summed E-state index contributed by atoms with van der Waals surface area (Å²) in [4.78, 5) is 18.7. The Labute approximate surface area is 214 Å². The van der Waals surface area contributed by atoms with Gasteiger partial charge in [-0.2, -0.15) is 0 Å². The van der Waals surface area contributed by atoms with Gasteiger partial charge in [-0.25, -0.2) is 17.5 Å². The summed E-state index contributed by atoms with van der Waals surface area (Å²) < 4.78 is 44.2. The van der Waals surface area contributed by atoms with Gasteiger partial charge in [-0.15, -0.1) is 5.10 Å². The molecule has 3 heterocycles. The fourth-order valence-electron chi connectivity index (χ4n) is 6.06. The molecule has 3 atom stereocenters. The van der Waals surface area contributed by atoms with Crippen molar-refractivity contribution in [1.29, 1.82) is 0 Å². The Hall–Kier alpha value is -3.66. The summed E-state index contributed by atoms with van der Waals surface area (Å²) in [7, 11) is -1.85. The van der Waals surface area contributed by atoms with Gasteiger partial charge in [0.15, 0.2) is 15.6 Å². The monoisotopic (exact) mass is 519 g/mol. The Kier molecular flexibility index (Phi) is 5.59. The molecule has 0 saturated heterocycles. The number of sulfone groups is 1. The molecule has 0 radical (unpaired) electrons. The molecule has 1 saturated carbocycles. The maximum Gasteiger partial charge on any atom is 0.188 e. The van der Waals surface area contributed by atoms with E-state index in [0.29, 0.717) is 36.3 Å². The van der Waals surface area contributed by atoms with E-state index in [1.807, 2.05) is 0 Å². The lowest BCUT2D eigenvalue weighted by molar-refractivity contribution is 0.0483. The highest BCUT2D eigenvalue weighted by Gasteiger charge is 2.55. The van der Waals surface area contributed by atoms with E-state index in [1.165, 1.54) is 12.1 Å². The van der Waals surface area contributed by atoms with Gasteiger partial charge in [-0.3, -0.25) is 9.78 Å². The molecule has 1 aromatic carbocycles. The molecule has 3 aromatic heterocycles. The van der Waals surface area contributed by atoms with Crippen molar-refractivity contribution < 1.29 is 17.6 Å². The zero-order chi connectivity index (χ0) is 25.8. The second-order valence-corrected chi connectivity index (χ2v) is 12.3. The van der Waals surface area contributed by atoms with Gasteiger partial charge < -0.3 is 4.57 Å². The van der Waals surface area contributed by atoms with Crippen LogP contribution in [0, 0.1) is 17.2 Å². The van der Waals surface area contributed by atoms with Crippen LogP contribution in [0.4, 0.5) is 4.39 Å². The van der Waals surface area contributed by atoms with Crippen molar-refractivity contribution >= 4 is 15.6 Å². The van der Waals surface area contributed by atoms with Crippen LogP contribution in [0.5, 0.6) is 0 Å². The number of halogens is 1. The zero-order valence-electron chi connectivity index (χ0n) is 20.3. The minimum absolute atomic E-state index is 0.102. The first-order valence-corrected chi connectivity index (χ1v) is 13.8. The number of fused-ring (bicyclic) bond motifs is 2. The molecule has 0 N–H and O–H groups in total. The number of aromatic nitrogens is 5. The molecule has 8 nitrogen and oxygen atoms in total. The summed E-state index contributed by atoms with van der Waals surface area (Å²) in [5.41, 5.74) is 1.61. The Balaban J connectivity index is 1.43. The van der Waals surface area contributed by atoms with E-state index in [0.717, 1.165) is 5.69 Å². The van der Waals surface area contributed by atoms with Gasteiger partial charge >= 0.3 is 0 Å². The average molecular weight is 520 g/mol. The predicted molar refractivity (Wildman–Crippen MR) is 133 cm³/mol. The number of carbonyl (C=O) groups excluding carboxylic acids is 1. The lowest BCUT2D eigenvalue weighted by atomic mass is 9.57. The highest BCUT2D eigenvalue weighted by molar-refractivity contribution is 7.92. The summed E-state index contributed by atoms with van der Waals surface area (Å²) >= 11 is 0. The topological polar surface area (TPSA) is 99.7 Å². The third kappa shape index (κ3) is 3.90. The summed E-state index contributed by atoms with van der Waals surface area (Å²) in [5.74, 6) is -0.585. The van der Waals surface area contributed by atoms with E-state index in [-0.39, 0.29) is 35.3 Å². The SMILES string of the molecule is Cn1ccc(S(=O)(=O)[C@H]2CCC3Cc4c(nnn4-c4ccc(F)cc4)C[C@]3(C(=O)c3ccccn3)C2)c1. The highest BCUT2D eigenvalue weighted by Crippen LogP contribution is 2.52. The number of carbonyl (C=O) groups is 1. The molecule has 1 unspecified atom stereocenters. The van der Waals surface area contributed by atoms with Gasteiger partial charge in [0.1, 0.15) is 11.5 Å². The Bertz CT molecular complexity index is 1580. The molecular weight excluding hydrogens is 493 g/mol. The van der Waals surface area contributed by atoms with Crippen LogP contribution in [-0.4, -0.2) is 44.0 Å². The van der Waals surface area contributed by atoms with Gasteiger partial charge in [-0.1, -0.05) is 11.3 Å². The summed E-state index contributed by atoms with van der Waals surface area (Å²) in [5, 5.41) is 8.06. The molecular formula is C27H26FN5O3S. The van der Waals surface area contributed by atoms with Crippen LogP contribution in [0.3, 0.4) is 0 Å². The summed E-state index contributed by atoms with van der Waals surface area (Å²) in [6, 6.07) is 12.9. The zero-order valence-corrected chi connectivity index (χ0v) is 21.1. The van der Waals surface area contributed by atoms with Crippen LogP contribution in [0.2, 0.25) is 0 Å². The molecule has 0 spiro atoms. The van der Waals surface area contributed by atoms with Crippen LogP contribution < -0.4 is 0 Å². The molecule has 0 aliphatic heterocycles. The first-order chi connectivity index (χ1) is 17.8. The van der Waals surface area contributed by atoms with Gasteiger partial charge in [-0.05, 0) is 74.1 Å². The minimum Gasteiger partial charge on any atom is -0.356 e. The number of ketones is 1. The van der Waals surface area contributed by atoms with Crippen molar-refractivity contribution in [2.45, 2.75) is 42.2 Å². The van der Waals surface area contributed by atoms with E-state index in [9.17, 15) is 17.6 Å². The van der Waals surface area contributed by atoms with Gasteiger partial charge in [0.05, 0.1) is 27.2 Å². The van der Waals surface area contributed by atoms with Crippen LogP contribution >= 0.6 is 0 Å². The smallest absolute Gasteiger partial charge is 0.188 e. The van der Waals surface area contributed by atoms with Crippen molar-refractivity contribution in [1.82, 2.24) is 24.5 Å². The van der Waals surface area contributed by atoms with Crippen LogP contribution in [-0.2, 0) is 29.7 Å². The number of nitrogens with zero attached hydrogens (tertiary/aromatic N) is 5. The Morgan fingerprint density at radius 3 is 2.62 bits per heavy atom. The summed E-state index contributed by atoms with van der Waals surface area (Å²) in [6.07, 6.45) is 6.96. The van der Waals surface area contributed by atoms with Crippen LogP contribution in [0.1, 0.15) is 41.1 Å². The maximum atomic E-state index is 14.1. The van der Waals surface area contributed by atoms with Crippen molar-refractivity contribution in [3.8, 4) is 5.69 Å². The first-order valence-electron chi connectivity index (χ1n) is 12.3. The van der Waals surface area contributed by atoms with E-state index in [1.54, 1.807) is 71.3 Å². The molecule has 37 heavy (non-hydrogen) atoms. The lowest BCUT2D eigenvalue weighted by Crippen LogP contribution is -2.51. The third-order valence-corrected chi connectivity index (χ3v) is 10.1. The normalized spacial score (nSPS) is 23.3. The molecule has 4 aromatic rings. The first kappa shape index (κ1) is 23.7. The van der Waals surface area contributed by atoms with Crippen LogP contribution in [0.25, 0.3) is 5.69 Å². The number of benzene rings is 1. The Morgan fingerprint density at radius 2 is 1.92 bits per heavy atom. The third-order valence-electron chi connectivity index (χ3n) is 7.97. The maximum absolute atomic E-state index is 14.1. The fourth-order valence-corrected chi connectivity index (χ4v) is 7.97.